The minimum absolute atomic E-state index is 0.0582. The Morgan fingerprint density at radius 1 is 1.18 bits per heavy atom. The first kappa shape index (κ1) is 23.4. The Labute approximate surface area is 196 Å². The van der Waals surface area contributed by atoms with E-state index in [-0.39, 0.29) is 23.3 Å². The van der Waals surface area contributed by atoms with Crippen molar-refractivity contribution in [3.05, 3.63) is 47.3 Å². The van der Waals surface area contributed by atoms with Crippen LogP contribution in [0.15, 0.2) is 41.7 Å². The summed E-state index contributed by atoms with van der Waals surface area (Å²) in [5.74, 6) is -0.203. The van der Waals surface area contributed by atoms with Gasteiger partial charge in [0.1, 0.15) is 12.0 Å². The SMILES string of the molecule is C=C1NC2=C(C(=O)CC(C)(C)C2)C(c2ccc(OCC)c(OC)c2)C1C(=O)OC1CCCC1. The topological polar surface area (TPSA) is 73.9 Å². The van der Waals surface area contributed by atoms with Crippen molar-refractivity contribution < 1.29 is 23.8 Å². The molecule has 4 rings (SSSR count). The molecule has 3 aliphatic rings. The van der Waals surface area contributed by atoms with Crippen LogP contribution < -0.4 is 14.8 Å². The van der Waals surface area contributed by atoms with Gasteiger partial charge in [0.05, 0.1) is 13.7 Å². The number of carbonyl (C=O) groups excluding carboxylic acids is 2. The molecule has 2 unspecified atom stereocenters. The zero-order chi connectivity index (χ0) is 23.8. The fourth-order valence-corrected chi connectivity index (χ4v) is 5.48. The van der Waals surface area contributed by atoms with E-state index in [1.54, 1.807) is 7.11 Å². The van der Waals surface area contributed by atoms with Crippen molar-refractivity contribution in [1.82, 2.24) is 5.32 Å². The lowest BCUT2D eigenvalue weighted by Gasteiger charge is -2.42. The summed E-state index contributed by atoms with van der Waals surface area (Å²) in [5, 5.41) is 3.33. The molecule has 0 aromatic heterocycles. The highest BCUT2D eigenvalue weighted by atomic mass is 16.5. The van der Waals surface area contributed by atoms with Gasteiger partial charge in [-0.3, -0.25) is 9.59 Å². The van der Waals surface area contributed by atoms with E-state index < -0.39 is 11.8 Å². The molecule has 6 heteroatoms. The summed E-state index contributed by atoms with van der Waals surface area (Å²) in [7, 11) is 1.59. The van der Waals surface area contributed by atoms with Crippen molar-refractivity contribution in [2.75, 3.05) is 13.7 Å². The van der Waals surface area contributed by atoms with Gasteiger partial charge in [0.15, 0.2) is 17.3 Å². The summed E-state index contributed by atoms with van der Waals surface area (Å²) in [6.45, 7) is 10.8. The summed E-state index contributed by atoms with van der Waals surface area (Å²) in [6.07, 6.45) is 5.03. The maximum atomic E-state index is 13.5. The van der Waals surface area contributed by atoms with Crippen molar-refractivity contribution in [2.24, 2.45) is 11.3 Å². The molecule has 0 amide bonds. The number of Topliss-reactive ketones (excluding diaryl/α,β-unsaturated/α-hetero) is 1. The second kappa shape index (κ2) is 9.24. The molecule has 1 aliphatic heterocycles. The van der Waals surface area contributed by atoms with E-state index in [2.05, 4.69) is 25.7 Å². The Hall–Kier alpha value is -2.76. The summed E-state index contributed by atoms with van der Waals surface area (Å²) < 4.78 is 17.2. The van der Waals surface area contributed by atoms with E-state index in [4.69, 9.17) is 14.2 Å². The first-order chi connectivity index (χ1) is 15.7. The molecule has 0 bridgehead atoms. The summed E-state index contributed by atoms with van der Waals surface area (Å²) >= 11 is 0. The standard InChI is InChI=1S/C27H35NO5/c1-6-32-21-12-11-17(13-22(21)31-5)24-23(26(30)33-18-9-7-8-10-18)16(2)28-19-14-27(3,4)15-20(29)25(19)24/h11-13,18,23-24,28H,2,6-10,14-15H2,1,3-5H3. The normalized spacial score (nSPS) is 24.8. The lowest BCUT2D eigenvalue weighted by Crippen LogP contribution is -2.44. The predicted molar refractivity (Wildman–Crippen MR) is 126 cm³/mol. The first-order valence-electron chi connectivity index (χ1n) is 12.0. The molecule has 6 nitrogen and oxygen atoms in total. The number of rotatable bonds is 6. The zero-order valence-electron chi connectivity index (χ0n) is 20.2. The number of ether oxygens (including phenoxy) is 3. The van der Waals surface area contributed by atoms with E-state index in [1.165, 1.54) is 0 Å². The smallest absolute Gasteiger partial charge is 0.316 e. The quantitative estimate of drug-likeness (QED) is 0.609. The number of allylic oxidation sites excluding steroid dienone is 2. The Balaban J connectivity index is 1.80. The second-order valence-corrected chi connectivity index (χ2v) is 10.1. The van der Waals surface area contributed by atoms with Crippen LogP contribution in [0.1, 0.15) is 70.8 Å². The van der Waals surface area contributed by atoms with Gasteiger partial charge in [-0.05, 0) is 62.1 Å². The van der Waals surface area contributed by atoms with Crippen molar-refractivity contribution in [3.8, 4) is 11.5 Å². The first-order valence-corrected chi connectivity index (χ1v) is 12.0. The Kier molecular flexibility index (Phi) is 6.55. The number of carbonyl (C=O) groups is 2. The Morgan fingerprint density at radius 2 is 1.91 bits per heavy atom. The molecule has 2 atom stereocenters. The number of esters is 1. The van der Waals surface area contributed by atoms with E-state index in [0.29, 0.717) is 35.8 Å². The second-order valence-electron chi connectivity index (χ2n) is 10.1. The number of hydrogen-bond acceptors (Lipinski definition) is 6. The molecule has 1 saturated carbocycles. The summed E-state index contributed by atoms with van der Waals surface area (Å²) in [5.41, 5.74) is 2.79. The van der Waals surface area contributed by atoms with Gasteiger partial charge >= 0.3 is 5.97 Å². The van der Waals surface area contributed by atoms with Gasteiger partial charge in [0.25, 0.3) is 0 Å². The number of methoxy groups -OCH3 is 1. The minimum atomic E-state index is -0.683. The molecule has 1 heterocycles. The van der Waals surface area contributed by atoms with Crippen LogP contribution in [0.3, 0.4) is 0 Å². The third kappa shape index (κ3) is 4.66. The number of hydrogen-bond donors (Lipinski definition) is 1. The molecule has 2 aliphatic carbocycles. The van der Waals surface area contributed by atoms with Crippen LogP contribution in [-0.4, -0.2) is 31.6 Å². The number of benzene rings is 1. The molecule has 1 fully saturated rings. The van der Waals surface area contributed by atoms with E-state index in [0.717, 1.165) is 43.4 Å². The van der Waals surface area contributed by atoms with Crippen molar-refractivity contribution >= 4 is 11.8 Å². The van der Waals surface area contributed by atoms with Crippen LogP contribution in [0.4, 0.5) is 0 Å². The fourth-order valence-electron chi connectivity index (χ4n) is 5.48. The van der Waals surface area contributed by atoms with Crippen molar-refractivity contribution in [1.29, 1.82) is 0 Å². The van der Waals surface area contributed by atoms with Crippen LogP contribution in [0, 0.1) is 11.3 Å². The van der Waals surface area contributed by atoms with E-state index in [9.17, 15) is 9.59 Å². The molecule has 0 radical (unpaired) electrons. The van der Waals surface area contributed by atoms with Crippen molar-refractivity contribution in [3.63, 3.8) is 0 Å². The third-order valence-corrected chi connectivity index (χ3v) is 6.94. The van der Waals surface area contributed by atoms with Gasteiger partial charge in [-0.1, -0.05) is 26.5 Å². The molecule has 178 valence electrons. The number of nitrogens with one attached hydrogen (secondary N) is 1. The highest BCUT2D eigenvalue weighted by Gasteiger charge is 2.47. The maximum absolute atomic E-state index is 13.5. The molecule has 1 aromatic carbocycles. The average molecular weight is 454 g/mol. The molecular weight excluding hydrogens is 418 g/mol. The fraction of sp³-hybridized carbons (Fsp3) is 0.556. The van der Waals surface area contributed by atoms with Crippen LogP contribution in [0.2, 0.25) is 0 Å². The predicted octanol–water partition coefficient (Wildman–Crippen LogP) is 5.04. The average Bonchev–Trinajstić information content (AvgIpc) is 3.25. The highest BCUT2D eigenvalue weighted by Crippen LogP contribution is 2.49. The molecule has 33 heavy (non-hydrogen) atoms. The Morgan fingerprint density at radius 3 is 2.58 bits per heavy atom. The lowest BCUT2D eigenvalue weighted by molar-refractivity contribution is -0.153. The highest BCUT2D eigenvalue weighted by molar-refractivity contribution is 6.01. The largest absolute Gasteiger partial charge is 0.493 e. The van der Waals surface area contributed by atoms with Gasteiger partial charge in [0, 0.05) is 29.3 Å². The molecular formula is C27H35NO5. The van der Waals surface area contributed by atoms with Crippen LogP contribution in [-0.2, 0) is 14.3 Å². The molecule has 0 spiro atoms. The molecule has 0 saturated heterocycles. The third-order valence-electron chi connectivity index (χ3n) is 6.94. The van der Waals surface area contributed by atoms with Crippen LogP contribution in [0.25, 0.3) is 0 Å². The lowest BCUT2D eigenvalue weighted by atomic mass is 9.66. The monoisotopic (exact) mass is 453 g/mol. The molecule has 1 aromatic rings. The van der Waals surface area contributed by atoms with Crippen LogP contribution >= 0.6 is 0 Å². The van der Waals surface area contributed by atoms with Gasteiger partial charge in [0.2, 0.25) is 0 Å². The van der Waals surface area contributed by atoms with Gasteiger partial charge in [-0.2, -0.15) is 0 Å². The van der Waals surface area contributed by atoms with E-state index >= 15 is 0 Å². The zero-order valence-corrected chi connectivity index (χ0v) is 20.2. The van der Waals surface area contributed by atoms with Crippen molar-refractivity contribution in [2.45, 2.75) is 71.3 Å². The minimum Gasteiger partial charge on any atom is -0.493 e. The van der Waals surface area contributed by atoms with Crippen LogP contribution in [0.5, 0.6) is 11.5 Å². The van der Waals surface area contributed by atoms with Gasteiger partial charge in [-0.25, -0.2) is 0 Å². The summed E-state index contributed by atoms with van der Waals surface area (Å²) in [6, 6.07) is 5.64. The van der Waals surface area contributed by atoms with Gasteiger partial charge in [-0.15, -0.1) is 0 Å². The van der Waals surface area contributed by atoms with Gasteiger partial charge < -0.3 is 19.5 Å². The maximum Gasteiger partial charge on any atom is 0.316 e. The Bertz CT molecular complexity index is 986. The number of ketones is 1. The molecule has 1 N–H and O–H groups in total. The summed E-state index contributed by atoms with van der Waals surface area (Å²) in [4.78, 5) is 26.9. The van der Waals surface area contributed by atoms with E-state index in [1.807, 2.05) is 25.1 Å².